The van der Waals surface area contributed by atoms with Crippen molar-refractivity contribution in [3.05, 3.63) is 41.3 Å². The van der Waals surface area contributed by atoms with Crippen LogP contribution in [0, 0.1) is 0 Å². The lowest BCUT2D eigenvalue weighted by Gasteiger charge is -2.31. The van der Waals surface area contributed by atoms with Crippen LogP contribution < -0.4 is 4.74 Å². The minimum absolute atomic E-state index is 0.303. The molecule has 0 bridgehead atoms. The van der Waals surface area contributed by atoms with E-state index in [4.69, 9.17) is 9.47 Å². The Morgan fingerprint density at radius 3 is 3.00 bits per heavy atom. The van der Waals surface area contributed by atoms with Crippen LogP contribution in [0.5, 0.6) is 5.88 Å². The maximum absolute atomic E-state index is 5.38. The molecule has 0 N–H and O–H groups in total. The summed E-state index contributed by atoms with van der Waals surface area (Å²) in [5, 5.41) is 4.60. The van der Waals surface area contributed by atoms with Gasteiger partial charge in [-0.2, -0.15) is 5.10 Å². The number of aromatic nitrogens is 3. The molecule has 0 amide bonds. The Balaban J connectivity index is 1.81. The Morgan fingerprint density at radius 1 is 1.36 bits per heavy atom. The molecule has 0 saturated carbocycles. The van der Waals surface area contributed by atoms with Crippen LogP contribution in [-0.4, -0.2) is 47.0 Å². The van der Waals surface area contributed by atoms with Crippen molar-refractivity contribution in [3.8, 4) is 5.88 Å². The minimum Gasteiger partial charge on any atom is -0.481 e. The summed E-state index contributed by atoms with van der Waals surface area (Å²) < 4.78 is 12.6. The molecule has 3 rings (SSSR count). The monoisotopic (exact) mass is 302 g/mol. The first-order chi connectivity index (χ1) is 10.7. The van der Waals surface area contributed by atoms with Crippen LogP contribution in [-0.2, 0) is 24.9 Å². The first-order valence-corrected chi connectivity index (χ1v) is 7.43. The molecule has 22 heavy (non-hydrogen) atoms. The predicted octanol–water partition coefficient (Wildman–Crippen LogP) is 1.57. The summed E-state index contributed by atoms with van der Waals surface area (Å²) in [6, 6.07) is 4.01. The van der Waals surface area contributed by atoms with Crippen LogP contribution >= 0.6 is 0 Å². The van der Waals surface area contributed by atoms with Gasteiger partial charge >= 0.3 is 0 Å². The van der Waals surface area contributed by atoms with Gasteiger partial charge in [-0.05, 0) is 6.07 Å². The van der Waals surface area contributed by atoms with Crippen molar-refractivity contribution in [3.63, 3.8) is 0 Å². The van der Waals surface area contributed by atoms with E-state index in [1.807, 2.05) is 17.8 Å². The van der Waals surface area contributed by atoms with E-state index in [2.05, 4.69) is 27.2 Å². The van der Waals surface area contributed by atoms with Crippen molar-refractivity contribution in [1.82, 2.24) is 19.7 Å². The van der Waals surface area contributed by atoms with Gasteiger partial charge in [-0.15, -0.1) is 0 Å². The molecule has 118 valence electrons. The molecule has 0 radical (unpaired) electrons. The normalized spacial score (nSPS) is 18.2. The maximum Gasteiger partial charge on any atom is 0.217 e. The van der Waals surface area contributed by atoms with E-state index >= 15 is 0 Å². The average molecular weight is 302 g/mol. The third-order valence-corrected chi connectivity index (χ3v) is 4.00. The second kappa shape index (κ2) is 6.46. The highest BCUT2D eigenvalue weighted by atomic mass is 16.5. The number of fused-ring (bicyclic) bond motifs is 1. The molecule has 6 nitrogen and oxygen atoms in total. The standard InChI is InChI=1S/C16H22N4O2/c1-19-7-13-9-20(10-14(11-21-2)15(13)18-19)8-12-5-4-6-17-16(12)22-3/h4-7,14H,8-11H2,1-3H3. The van der Waals surface area contributed by atoms with Gasteiger partial charge in [0.25, 0.3) is 0 Å². The molecule has 0 aromatic carbocycles. The molecule has 2 aromatic heterocycles. The fourth-order valence-electron chi connectivity index (χ4n) is 3.15. The van der Waals surface area contributed by atoms with Gasteiger partial charge in [0.15, 0.2) is 0 Å². The fourth-order valence-corrected chi connectivity index (χ4v) is 3.15. The van der Waals surface area contributed by atoms with Gasteiger partial charge in [0.2, 0.25) is 5.88 Å². The largest absolute Gasteiger partial charge is 0.481 e. The lowest BCUT2D eigenvalue weighted by molar-refractivity contribution is 0.134. The van der Waals surface area contributed by atoms with Crippen molar-refractivity contribution >= 4 is 0 Å². The molecule has 1 aliphatic rings. The Bertz CT molecular complexity index is 641. The van der Waals surface area contributed by atoms with E-state index in [0.29, 0.717) is 18.4 Å². The van der Waals surface area contributed by atoms with Gasteiger partial charge in [-0.3, -0.25) is 9.58 Å². The van der Waals surface area contributed by atoms with E-state index in [0.717, 1.165) is 25.2 Å². The molecule has 1 atom stereocenters. The van der Waals surface area contributed by atoms with Crippen molar-refractivity contribution in [2.45, 2.75) is 19.0 Å². The molecule has 0 spiro atoms. The van der Waals surface area contributed by atoms with Crippen LogP contribution in [0.4, 0.5) is 0 Å². The van der Waals surface area contributed by atoms with Gasteiger partial charge < -0.3 is 9.47 Å². The van der Waals surface area contributed by atoms with E-state index in [-0.39, 0.29) is 0 Å². The lowest BCUT2D eigenvalue weighted by atomic mass is 9.97. The highest BCUT2D eigenvalue weighted by Gasteiger charge is 2.28. The highest BCUT2D eigenvalue weighted by molar-refractivity contribution is 5.28. The Hall–Kier alpha value is -1.92. The van der Waals surface area contributed by atoms with Crippen molar-refractivity contribution < 1.29 is 9.47 Å². The zero-order valence-corrected chi connectivity index (χ0v) is 13.3. The summed E-state index contributed by atoms with van der Waals surface area (Å²) in [5.74, 6) is 1.00. The van der Waals surface area contributed by atoms with Crippen molar-refractivity contribution in [2.24, 2.45) is 7.05 Å². The van der Waals surface area contributed by atoms with Gasteiger partial charge in [0, 0.05) is 63.2 Å². The molecule has 0 aliphatic carbocycles. The Kier molecular flexibility index (Phi) is 4.40. The maximum atomic E-state index is 5.38. The molecule has 2 aromatic rings. The van der Waals surface area contributed by atoms with Crippen molar-refractivity contribution in [1.29, 1.82) is 0 Å². The summed E-state index contributed by atoms with van der Waals surface area (Å²) in [7, 11) is 5.37. The van der Waals surface area contributed by atoms with Crippen LogP contribution in [0.2, 0.25) is 0 Å². The van der Waals surface area contributed by atoms with Gasteiger partial charge in [-0.1, -0.05) is 6.07 Å². The molecule has 0 saturated heterocycles. The zero-order valence-electron chi connectivity index (χ0n) is 13.3. The quantitative estimate of drug-likeness (QED) is 0.839. The second-order valence-corrected chi connectivity index (χ2v) is 5.71. The third kappa shape index (κ3) is 2.98. The SMILES string of the molecule is COCC1CN(Cc2cccnc2OC)Cc2cn(C)nc21. The molecule has 1 unspecified atom stereocenters. The molecule has 3 heterocycles. The van der Waals surface area contributed by atoms with Crippen LogP contribution in [0.1, 0.15) is 22.7 Å². The van der Waals surface area contributed by atoms with E-state index in [1.165, 1.54) is 11.3 Å². The van der Waals surface area contributed by atoms with Crippen LogP contribution in [0.3, 0.4) is 0 Å². The molecular formula is C16H22N4O2. The number of nitrogens with zero attached hydrogens (tertiary/aromatic N) is 4. The molecule has 6 heteroatoms. The van der Waals surface area contributed by atoms with E-state index in [1.54, 1.807) is 20.4 Å². The summed E-state index contributed by atoms with van der Waals surface area (Å²) in [4.78, 5) is 6.67. The lowest BCUT2D eigenvalue weighted by Crippen LogP contribution is -2.34. The zero-order chi connectivity index (χ0) is 15.5. The third-order valence-electron chi connectivity index (χ3n) is 4.00. The van der Waals surface area contributed by atoms with Gasteiger partial charge in [-0.25, -0.2) is 4.98 Å². The van der Waals surface area contributed by atoms with E-state index in [9.17, 15) is 0 Å². The van der Waals surface area contributed by atoms with Gasteiger partial charge in [0.05, 0.1) is 19.4 Å². The predicted molar refractivity (Wildman–Crippen MR) is 82.7 cm³/mol. The molecule has 0 fully saturated rings. The fraction of sp³-hybridized carbons (Fsp3) is 0.500. The van der Waals surface area contributed by atoms with E-state index < -0.39 is 0 Å². The summed E-state index contributed by atoms with van der Waals surface area (Å²) in [6.07, 6.45) is 3.86. The first kappa shape index (κ1) is 15.0. The summed E-state index contributed by atoms with van der Waals surface area (Å²) in [5.41, 5.74) is 3.55. The first-order valence-electron chi connectivity index (χ1n) is 7.43. The second-order valence-electron chi connectivity index (χ2n) is 5.71. The summed E-state index contributed by atoms with van der Waals surface area (Å²) in [6.45, 7) is 3.31. The molecular weight excluding hydrogens is 280 g/mol. The summed E-state index contributed by atoms with van der Waals surface area (Å²) >= 11 is 0. The number of aryl methyl sites for hydroxylation is 1. The van der Waals surface area contributed by atoms with Crippen LogP contribution in [0.15, 0.2) is 24.5 Å². The number of rotatable bonds is 5. The Morgan fingerprint density at radius 2 is 2.23 bits per heavy atom. The molecule has 1 aliphatic heterocycles. The number of hydrogen-bond acceptors (Lipinski definition) is 5. The van der Waals surface area contributed by atoms with Crippen LogP contribution in [0.25, 0.3) is 0 Å². The number of methoxy groups -OCH3 is 2. The average Bonchev–Trinajstić information content (AvgIpc) is 2.89. The number of hydrogen-bond donors (Lipinski definition) is 0. The minimum atomic E-state index is 0.303. The number of pyridine rings is 1. The number of ether oxygens (including phenoxy) is 2. The topological polar surface area (TPSA) is 52.4 Å². The van der Waals surface area contributed by atoms with Gasteiger partial charge in [0.1, 0.15) is 0 Å². The van der Waals surface area contributed by atoms with Crippen molar-refractivity contribution in [2.75, 3.05) is 27.4 Å². The smallest absolute Gasteiger partial charge is 0.217 e. The highest BCUT2D eigenvalue weighted by Crippen LogP contribution is 2.29. The Labute approximate surface area is 130 Å².